The molecule has 43 heavy (non-hydrogen) atoms. The Hall–Kier alpha value is -3.23. The molecule has 7 rings (SSSR count). The van der Waals surface area contributed by atoms with Gasteiger partial charge in [0.05, 0.1) is 22.2 Å². The van der Waals surface area contributed by atoms with E-state index in [2.05, 4.69) is 25.2 Å². The molecule has 0 amide bonds. The average Bonchev–Trinajstić information content (AvgIpc) is 3.43. The minimum absolute atomic E-state index is 0.0873. The number of hydrogen-bond acceptors (Lipinski definition) is 9. The second kappa shape index (κ2) is 10.2. The van der Waals surface area contributed by atoms with Gasteiger partial charge in [0.2, 0.25) is 5.88 Å². The molecule has 4 aliphatic heterocycles. The molecule has 15 heteroatoms. The first kappa shape index (κ1) is 28.5. The molecule has 0 bridgehead atoms. The van der Waals surface area contributed by atoms with Gasteiger partial charge < -0.3 is 25.4 Å². The molecule has 0 saturated carbocycles. The number of nitrogens with two attached hydrogens (primary N) is 1. The molecule has 2 unspecified atom stereocenters. The standard InChI is InChI=1S/C28H29ClF5N7O2/c1-40-17-3-5-36-10-18(17)43-25-19-23(21(31)22(37-25)15-7-14(35)8-16(29)20(15)28(32,33)34)38-26(39-24(19)40)42-12-27-4-2-6-41(27)11-13(30)9-27/h7-8,13,17-18,36H,2-6,9-12,35H2,1H3/t13-,17?,18?,27+/m1/s1. The van der Waals surface area contributed by atoms with Gasteiger partial charge in [-0.15, -0.1) is 0 Å². The number of nitrogen functional groups attached to an aromatic ring is 1. The Morgan fingerprint density at radius 2 is 2.07 bits per heavy atom. The van der Waals surface area contributed by atoms with Crippen LogP contribution in [0.4, 0.5) is 33.5 Å². The number of benzene rings is 1. The topological polar surface area (TPSA) is 102 Å². The van der Waals surface area contributed by atoms with Gasteiger partial charge in [-0.2, -0.15) is 23.1 Å². The first-order valence-corrected chi connectivity index (χ1v) is 14.5. The number of nitrogens with one attached hydrogen (secondary N) is 1. The molecule has 3 aromatic rings. The van der Waals surface area contributed by atoms with Gasteiger partial charge in [0.15, 0.2) is 5.82 Å². The Morgan fingerprint density at radius 1 is 1.26 bits per heavy atom. The van der Waals surface area contributed by atoms with Crippen LogP contribution in [0.1, 0.15) is 31.2 Å². The third-order valence-electron chi connectivity index (χ3n) is 9.08. The molecule has 2 aromatic heterocycles. The lowest BCUT2D eigenvalue weighted by atomic mass is 9.95. The Balaban J connectivity index is 1.41. The van der Waals surface area contributed by atoms with E-state index in [1.54, 1.807) is 7.05 Å². The van der Waals surface area contributed by atoms with E-state index in [0.29, 0.717) is 32.5 Å². The number of ether oxygens (including phenoxy) is 2. The molecule has 9 nitrogen and oxygen atoms in total. The normalized spacial score (nSPS) is 27.1. The summed E-state index contributed by atoms with van der Waals surface area (Å²) in [5.41, 5.74) is 2.33. The quantitative estimate of drug-likeness (QED) is 0.318. The maximum Gasteiger partial charge on any atom is 0.418 e. The Morgan fingerprint density at radius 3 is 2.86 bits per heavy atom. The first-order valence-electron chi connectivity index (χ1n) is 14.1. The van der Waals surface area contributed by atoms with Crippen molar-refractivity contribution in [1.82, 2.24) is 25.2 Å². The van der Waals surface area contributed by atoms with Crippen LogP contribution < -0.4 is 25.4 Å². The molecule has 230 valence electrons. The van der Waals surface area contributed by atoms with Crippen molar-refractivity contribution in [1.29, 1.82) is 0 Å². The van der Waals surface area contributed by atoms with E-state index >= 15 is 4.39 Å². The molecule has 3 fully saturated rings. The van der Waals surface area contributed by atoms with Gasteiger partial charge >= 0.3 is 12.2 Å². The molecule has 3 saturated heterocycles. The van der Waals surface area contributed by atoms with E-state index in [9.17, 15) is 17.6 Å². The second-order valence-electron chi connectivity index (χ2n) is 11.7. The van der Waals surface area contributed by atoms with Crippen molar-refractivity contribution in [3.05, 3.63) is 28.5 Å². The first-order chi connectivity index (χ1) is 20.4. The van der Waals surface area contributed by atoms with Crippen LogP contribution in [0.3, 0.4) is 0 Å². The zero-order valence-electron chi connectivity index (χ0n) is 23.1. The number of halogens is 6. The number of anilines is 2. The molecule has 0 aliphatic carbocycles. The van der Waals surface area contributed by atoms with E-state index in [-0.39, 0.29) is 46.9 Å². The highest BCUT2D eigenvalue weighted by Gasteiger charge is 2.49. The van der Waals surface area contributed by atoms with Crippen LogP contribution in [0.15, 0.2) is 12.1 Å². The van der Waals surface area contributed by atoms with Gasteiger partial charge in [0.25, 0.3) is 0 Å². The van der Waals surface area contributed by atoms with E-state index in [4.69, 9.17) is 26.8 Å². The highest BCUT2D eigenvalue weighted by molar-refractivity contribution is 6.32. The summed E-state index contributed by atoms with van der Waals surface area (Å²) >= 11 is 6.00. The average molecular weight is 626 g/mol. The zero-order valence-corrected chi connectivity index (χ0v) is 23.9. The monoisotopic (exact) mass is 625 g/mol. The highest BCUT2D eigenvalue weighted by Crippen LogP contribution is 2.47. The van der Waals surface area contributed by atoms with Crippen molar-refractivity contribution in [2.75, 3.05) is 50.5 Å². The number of fused-ring (bicyclic) bond motifs is 2. The second-order valence-corrected chi connectivity index (χ2v) is 12.2. The van der Waals surface area contributed by atoms with Crippen molar-refractivity contribution in [3.63, 3.8) is 0 Å². The summed E-state index contributed by atoms with van der Waals surface area (Å²) in [4.78, 5) is 17.2. The van der Waals surface area contributed by atoms with Crippen molar-refractivity contribution >= 4 is 34.0 Å². The van der Waals surface area contributed by atoms with Crippen molar-refractivity contribution < 1.29 is 31.4 Å². The zero-order chi connectivity index (χ0) is 30.3. The van der Waals surface area contributed by atoms with Gasteiger partial charge in [0.1, 0.15) is 41.3 Å². The van der Waals surface area contributed by atoms with Crippen LogP contribution in [-0.2, 0) is 6.18 Å². The third kappa shape index (κ3) is 4.69. The Bertz CT molecular complexity index is 1610. The summed E-state index contributed by atoms with van der Waals surface area (Å²) in [7, 11) is 1.79. The number of alkyl halides is 4. The summed E-state index contributed by atoms with van der Waals surface area (Å²) in [5, 5.41) is 2.67. The lowest BCUT2D eigenvalue weighted by molar-refractivity contribution is -0.137. The SMILES string of the molecule is CN1c2nc(OC[C@@]34CCCN3C[C@H](F)C4)nc3c(F)c(-c4cc(N)cc(Cl)c4C(F)(F)F)nc(c23)OC2CNCCC21. The lowest BCUT2D eigenvalue weighted by Crippen LogP contribution is -2.53. The van der Waals surface area contributed by atoms with Gasteiger partial charge in [-0.25, -0.2) is 13.8 Å². The number of rotatable bonds is 4. The van der Waals surface area contributed by atoms with Crippen LogP contribution in [0.2, 0.25) is 5.02 Å². The van der Waals surface area contributed by atoms with Gasteiger partial charge in [-0.3, -0.25) is 4.90 Å². The maximum absolute atomic E-state index is 16.5. The van der Waals surface area contributed by atoms with Crippen LogP contribution in [0.5, 0.6) is 11.9 Å². The molecular weight excluding hydrogens is 597 g/mol. The minimum Gasteiger partial charge on any atom is -0.470 e. The Kier molecular flexibility index (Phi) is 6.74. The predicted octanol–water partition coefficient (Wildman–Crippen LogP) is 4.60. The van der Waals surface area contributed by atoms with Crippen molar-refractivity contribution in [2.45, 2.75) is 55.7 Å². The largest absolute Gasteiger partial charge is 0.470 e. The van der Waals surface area contributed by atoms with Crippen LogP contribution >= 0.6 is 11.6 Å². The molecule has 4 atom stereocenters. The minimum atomic E-state index is -4.94. The summed E-state index contributed by atoms with van der Waals surface area (Å²) in [5.74, 6) is -0.969. The van der Waals surface area contributed by atoms with E-state index in [1.165, 1.54) is 0 Å². The van der Waals surface area contributed by atoms with Crippen LogP contribution in [0.25, 0.3) is 22.2 Å². The predicted molar refractivity (Wildman–Crippen MR) is 150 cm³/mol. The van der Waals surface area contributed by atoms with E-state index in [1.807, 2.05) is 4.90 Å². The van der Waals surface area contributed by atoms with Crippen LogP contribution in [0, 0.1) is 5.82 Å². The fourth-order valence-corrected chi connectivity index (χ4v) is 7.45. The molecule has 6 heterocycles. The number of pyridine rings is 1. The Labute approximate surface area is 248 Å². The van der Waals surface area contributed by atoms with Crippen molar-refractivity contribution in [2.24, 2.45) is 0 Å². The summed E-state index contributed by atoms with van der Waals surface area (Å²) in [6.07, 6.45) is -3.79. The fourth-order valence-electron chi connectivity index (χ4n) is 7.12. The van der Waals surface area contributed by atoms with E-state index in [0.717, 1.165) is 31.5 Å². The maximum atomic E-state index is 16.5. The van der Waals surface area contributed by atoms with E-state index < -0.39 is 51.7 Å². The van der Waals surface area contributed by atoms with Crippen molar-refractivity contribution in [3.8, 4) is 23.1 Å². The molecular formula is C28H29ClF5N7O2. The number of aromatic nitrogens is 3. The number of hydrogen-bond donors (Lipinski definition) is 2. The van der Waals surface area contributed by atoms with Gasteiger partial charge in [-0.05, 0) is 44.5 Å². The van der Waals surface area contributed by atoms with Crippen LogP contribution in [-0.4, -0.2) is 83.5 Å². The number of nitrogens with zero attached hydrogens (tertiary/aromatic N) is 5. The molecule has 3 N–H and O–H groups in total. The van der Waals surface area contributed by atoms with Gasteiger partial charge in [0, 0.05) is 37.8 Å². The fraction of sp³-hybridized carbons (Fsp3) is 0.536. The molecule has 0 spiro atoms. The lowest BCUT2D eigenvalue weighted by Gasteiger charge is -2.36. The molecule has 4 aliphatic rings. The number of piperidine rings is 1. The summed E-state index contributed by atoms with van der Waals surface area (Å²) in [6.45, 7) is 2.28. The summed E-state index contributed by atoms with van der Waals surface area (Å²) in [6, 6.07) is 1.56. The third-order valence-corrected chi connectivity index (χ3v) is 9.38. The summed E-state index contributed by atoms with van der Waals surface area (Å²) < 4.78 is 85.9. The smallest absolute Gasteiger partial charge is 0.418 e. The highest BCUT2D eigenvalue weighted by atomic mass is 35.5. The number of likely N-dealkylation sites (N-methyl/N-ethyl adjacent to an activating group) is 1. The van der Waals surface area contributed by atoms with Gasteiger partial charge in [-0.1, -0.05) is 11.6 Å². The molecule has 1 aromatic carbocycles. The molecule has 0 radical (unpaired) electrons.